The molecule has 0 bridgehead atoms. The Morgan fingerprint density at radius 2 is 1.70 bits per heavy atom. The summed E-state index contributed by atoms with van der Waals surface area (Å²) in [6, 6.07) is 10.5. The van der Waals surface area contributed by atoms with Gasteiger partial charge in [0.1, 0.15) is 5.82 Å². The lowest BCUT2D eigenvalue weighted by atomic mass is 10.0. The van der Waals surface area contributed by atoms with Crippen LogP contribution >= 0.6 is 0 Å². The SMILES string of the molecule is Cc1ccc(C(=O)N2CCN(S(C)(=O)=O)C2C(=O)NC(CC(=O)O)c2ccc(F)cc2)cc1. The highest BCUT2D eigenvalue weighted by atomic mass is 32.2. The molecule has 0 saturated carbocycles. The van der Waals surface area contributed by atoms with Crippen LogP contribution < -0.4 is 5.32 Å². The van der Waals surface area contributed by atoms with Crippen molar-refractivity contribution in [2.45, 2.75) is 25.6 Å². The summed E-state index contributed by atoms with van der Waals surface area (Å²) in [5.41, 5.74) is 1.54. The van der Waals surface area contributed by atoms with E-state index in [-0.39, 0.29) is 18.7 Å². The third-order valence-corrected chi connectivity index (χ3v) is 6.55. The second-order valence-corrected chi connectivity index (χ2v) is 9.76. The monoisotopic (exact) mass is 477 g/mol. The third kappa shape index (κ3) is 5.74. The Morgan fingerprint density at radius 3 is 2.24 bits per heavy atom. The van der Waals surface area contributed by atoms with Crippen LogP contribution in [0.15, 0.2) is 48.5 Å². The molecule has 0 radical (unpaired) electrons. The quantitative estimate of drug-likeness (QED) is 0.623. The maximum atomic E-state index is 13.3. The van der Waals surface area contributed by atoms with Gasteiger partial charge in [0, 0.05) is 18.7 Å². The van der Waals surface area contributed by atoms with Gasteiger partial charge < -0.3 is 15.3 Å². The number of nitrogens with one attached hydrogen (secondary N) is 1. The van der Waals surface area contributed by atoms with Crippen molar-refractivity contribution in [1.29, 1.82) is 0 Å². The first-order valence-electron chi connectivity index (χ1n) is 10.1. The van der Waals surface area contributed by atoms with Gasteiger partial charge in [-0.15, -0.1) is 0 Å². The van der Waals surface area contributed by atoms with Crippen molar-refractivity contribution in [3.8, 4) is 0 Å². The summed E-state index contributed by atoms with van der Waals surface area (Å²) >= 11 is 0. The van der Waals surface area contributed by atoms with E-state index in [1.165, 1.54) is 12.1 Å². The summed E-state index contributed by atoms with van der Waals surface area (Å²) in [5.74, 6) is -3.14. The summed E-state index contributed by atoms with van der Waals surface area (Å²) in [7, 11) is -3.87. The minimum absolute atomic E-state index is 0.0159. The molecular weight excluding hydrogens is 453 g/mol. The number of aliphatic carboxylic acids is 1. The highest BCUT2D eigenvalue weighted by Gasteiger charge is 2.45. The van der Waals surface area contributed by atoms with Crippen molar-refractivity contribution in [3.05, 3.63) is 71.0 Å². The van der Waals surface area contributed by atoms with Crippen molar-refractivity contribution in [1.82, 2.24) is 14.5 Å². The van der Waals surface area contributed by atoms with Crippen LogP contribution in [0.2, 0.25) is 0 Å². The highest BCUT2D eigenvalue weighted by molar-refractivity contribution is 7.88. The van der Waals surface area contributed by atoms with Crippen LogP contribution in [-0.2, 0) is 19.6 Å². The normalized spacial score (nSPS) is 17.5. The number of hydrogen-bond acceptors (Lipinski definition) is 5. The van der Waals surface area contributed by atoms with E-state index >= 15 is 0 Å². The van der Waals surface area contributed by atoms with E-state index in [0.29, 0.717) is 5.56 Å². The number of benzene rings is 2. The minimum Gasteiger partial charge on any atom is -0.481 e. The molecule has 2 amide bonds. The summed E-state index contributed by atoms with van der Waals surface area (Å²) in [6.07, 6.45) is -1.08. The molecule has 0 aromatic heterocycles. The van der Waals surface area contributed by atoms with Gasteiger partial charge in [-0.1, -0.05) is 29.8 Å². The first kappa shape index (κ1) is 24.3. The van der Waals surface area contributed by atoms with E-state index in [1.807, 2.05) is 6.92 Å². The second kappa shape index (κ2) is 9.67. The molecule has 2 atom stereocenters. The van der Waals surface area contributed by atoms with Crippen LogP contribution in [0.5, 0.6) is 0 Å². The predicted octanol–water partition coefficient (Wildman–Crippen LogP) is 1.51. The predicted molar refractivity (Wildman–Crippen MR) is 117 cm³/mol. The Bertz CT molecular complexity index is 1150. The molecule has 0 spiro atoms. The van der Waals surface area contributed by atoms with E-state index in [4.69, 9.17) is 0 Å². The van der Waals surface area contributed by atoms with Crippen LogP contribution in [0.1, 0.15) is 33.9 Å². The van der Waals surface area contributed by atoms with Crippen molar-refractivity contribution < 1.29 is 32.3 Å². The number of carbonyl (C=O) groups is 3. The van der Waals surface area contributed by atoms with Crippen LogP contribution in [0, 0.1) is 12.7 Å². The van der Waals surface area contributed by atoms with Gasteiger partial charge in [-0.05, 0) is 36.8 Å². The van der Waals surface area contributed by atoms with Gasteiger partial charge in [-0.25, -0.2) is 12.8 Å². The molecule has 2 aromatic rings. The molecule has 1 fully saturated rings. The number of carboxylic acid groups (broad SMARTS) is 1. The van der Waals surface area contributed by atoms with Crippen molar-refractivity contribution in [2.75, 3.05) is 19.3 Å². The minimum atomic E-state index is -3.87. The highest BCUT2D eigenvalue weighted by Crippen LogP contribution is 2.24. The number of sulfonamides is 1. The van der Waals surface area contributed by atoms with Crippen LogP contribution in [0.25, 0.3) is 0 Å². The van der Waals surface area contributed by atoms with Crippen molar-refractivity contribution >= 4 is 27.8 Å². The van der Waals surface area contributed by atoms with Gasteiger partial charge in [0.2, 0.25) is 10.0 Å². The molecule has 33 heavy (non-hydrogen) atoms. The lowest BCUT2D eigenvalue weighted by Gasteiger charge is -2.29. The number of carboxylic acids is 1. The molecule has 9 nitrogen and oxygen atoms in total. The van der Waals surface area contributed by atoms with E-state index in [0.717, 1.165) is 33.2 Å². The molecule has 1 saturated heterocycles. The average Bonchev–Trinajstić information content (AvgIpc) is 3.19. The van der Waals surface area contributed by atoms with Crippen LogP contribution in [0.4, 0.5) is 4.39 Å². The van der Waals surface area contributed by atoms with Gasteiger partial charge in [0.15, 0.2) is 6.17 Å². The third-order valence-electron chi connectivity index (χ3n) is 5.32. The lowest BCUT2D eigenvalue weighted by Crippen LogP contribution is -2.54. The zero-order valence-corrected chi connectivity index (χ0v) is 18.9. The topological polar surface area (TPSA) is 124 Å². The Morgan fingerprint density at radius 1 is 1.09 bits per heavy atom. The summed E-state index contributed by atoms with van der Waals surface area (Å²) < 4.78 is 38.9. The van der Waals surface area contributed by atoms with Crippen molar-refractivity contribution in [2.24, 2.45) is 0 Å². The molecule has 2 unspecified atom stereocenters. The van der Waals surface area contributed by atoms with Gasteiger partial charge in [0.05, 0.1) is 18.7 Å². The molecule has 1 aliphatic rings. The first-order chi connectivity index (χ1) is 15.5. The van der Waals surface area contributed by atoms with E-state index in [9.17, 15) is 32.3 Å². The number of nitrogens with zero attached hydrogens (tertiary/aromatic N) is 2. The Hall–Kier alpha value is -3.31. The number of aryl methyl sites for hydroxylation is 1. The zero-order chi connectivity index (χ0) is 24.3. The molecule has 1 aliphatic heterocycles. The van der Waals surface area contributed by atoms with Gasteiger partial charge in [0.25, 0.3) is 11.8 Å². The molecule has 3 rings (SSSR count). The fourth-order valence-corrected chi connectivity index (χ4v) is 4.65. The first-order valence-corrected chi connectivity index (χ1v) is 11.9. The average molecular weight is 478 g/mol. The van der Waals surface area contributed by atoms with Crippen LogP contribution in [-0.4, -0.2) is 66.0 Å². The van der Waals surface area contributed by atoms with Gasteiger partial charge >= 0.3 is 5.97 Å². The summed E-state index contributed by atoms with van der Waals surface area (Å²) in [4.78, 5) is 38.9. The second-order valence-electron chi connectivity index (χ2n) is 7.82. The molecule has 2 N–H and O–H groups in total. The number of halogens is 1. The van der Waals surface area contributed by atoms with E-state index in [2.05, 4.69) is 5.32 Å². The number of rotatable bonds is 7. The largest absolute Gasteiger partial charge is 0.481 e. The molecule has 0 aliphatic carbocycles. The fourth-order valence-electron chi connectivity index (χ4n) is 3.67. The molecule has 176 valence electrons. The number of amides is 2. The smallest absolute Gasteiger partial charge is 0.305 e. The summed E-state index contributed by atoms with van der Waals surface area (Å²) in [5, 5.41) is 11.8. The maximum Gasteiger partial charge on any atom is 0.305 e. The zero-order valence-electron chi connectivity index (χ0n) is 18.1. The Kier molecular flexibility index (Phi) is 7.13. The maximum absolute atomic E-state index is 13.3. The molecule has 11 heteroatoms. The van der Waals surface area contributed by atoms with Gasteiger partial charge in [-0.2, -0.15) is 4.31 Å². The van der Waals surface area contributed by atoms with Gasteiger partial charge in [-0.3, -0.25) is 14.4 Å². The lowest BCUT2D eigenvalue weighted by molar-refractivity contribution is -0.138. The number of carbonyl (C=O) groups excluding carboxylic acids is 2. The standard InChI is InChI=1S/C22H24FN3O6S/c1-14-3-5-16(6-4-14)22(30)25-11-12-26(33(2,31)32)21(25)20(29)24-18(13-19(27)28)15-7-9-17(23)10-8-15/h3-10,18,21H,11-13H2,1-2H3,(H,24,29)(H,27,28). The molecular formula is C22H24FN3O6S. The molecule has 1 heterocycles. The van der Waals surface area contributed by atoms with Crippen molar-refractivity contribution in [3.63, 3.8) is 0 Å². The fraction of sp³-hybridized carbons (Fsp3) is 0.318. The molecule has 2 aromatic carbocycles. The van der Waals surface area contributed by atoms with Crippen LogP contribution in [0.3, 0.4) is 0 Å². The van der Waals surface area contributed by atoms with E-state index in [1.54, 1.807) is 24.3 Å². The summed E-state index contributed by atoms with van der Waals surface area (Å²) in [6.45, 7) is 1.75. The number of hydrogen-bond donors (Lipinski definition) is 2. The van der Waals surface area contributed by atoms with E-state index < -0.39 is 52.3 Å². The Balaban J connectivity index is 1.93. The Labute approximate surface area is 190 Å².